The monoisotopic (exact) mass is 227 g/mol. The molecule has 0 saturated carbocycles. The molecule has 0 radical (unpaired) electrons. The van der Waals surface area contributed by atoms with Gasteiger partial charge in [0.2, 0.25) is 12.4 Å². The van der Waals surface area contributed by atoms with E-state index in [9.17, 15) is 5.11 Å². The van der Waals surface area contributed by atoms with Crippen molar-refractivity contribution < 1.29 is 9.78 Å². The first-order valence-corrected chi connectivity index (χ1v) is 5.46. The lowest BCUT2D eigenvalue weighted by Crippen LogP contribution is -2.33. The highest BCUT2D eigenvalue weighted by molar-refractivity contribution is 5.89. The van der Waals surface area contributed by atoms with E-state index in [0.29, 0.717) is 5.56 Å². The van der Waals surface area contributed by atoms with Gasteiger partial charge in [0.15, 0.2) is 0 Å². The fourth-order valence-electron chi connectivity index (χ4n) is 1.43. The number of hydrogen-bond donors (Lipinski definition) is 0. The average molecular weight is 227 g/mol. The molecule has 2 rings (SSSR count). The summed E-state index contributed by atoms with van der Waals surface area (Å²) in [7, 11) is 0. The van der Waals surface area contributed by atoms with Crippen molar-refractivity contribution in [2.24, 2.45) is 5.10 Å². The molecule has 0 unspecified atom stereocenters. The zero-order valence-electron chi connectivity index (χ0n) is 9.58. The lowest BCUT2D eigenvalue weighted by atomic mass is 10.2. The van der Waals surface area contributed by atoms with Gasteiger partial charge in [-0.3, -0.25) is 4.98 Å². The minimum atomic E-state index is -0.295. The highest BCUT2D eigenvalue weighted by Crippen LogP contribution is 1.96. The van der Waals surface area contributed by atoms with Crippen LogP contribution in [-0.4, -0.2) is 10.9 Å². The molecule has 4 heteroatoms. The van der Waals surface area contributed by atoms with Gasteiger partial charge >= 0.3 is 0 Å². The second-order valence-electron chi connectivity index (χ2n) is 3.59. The van der Waals surface area contributed by atoms with Crippen molar-refractivity contribution in [1.82, 2.24) is 4.98 Å². The lowest BCUT2D eigenvalue weighted by molar-refractivity contribution is -0.681. The SMILES string of the molecule is CCc1ccc[n+](/N=C(\[O-])c2cccnc2)c1. The summed E-state index contributed by atoms with van der Waals surface area (Å²) in [5, 5.41) is 15.8. The molecule has 2 heterocycles. The van der Waals surface area contributed by atoms with E-state index in [1.54, 1.807) is 24.5 Å². The molecule has 0 fully saturated rings. The summed E-state index contributed by atoms with van der Waals surface area (Å²) < 4.78 is 1.54. The van der Waals surface area contributed by atoms with E-state index in [1.165, 1.54) is 10.9 Å². The average Bonchev–Trinajstić information content (AvgIpc) is 2.40. The zero-order chi connectivity index (χ0) is 12.1. The van der Waals surface area contributed by atoms with Gasteiger partial charge in [-0.05, 0) is 23.7 Å². The fourth-order valence-corrected chi connectivity index (χ4v) is 1.43. The smallest absolute Gasteiger partial charge is 0.205 e. The van der Waals surface area contributed by atoms with Crippen LogP contribution < -0.4 is 9.78 Å². The van der Waals surface area contributed by atoms with Gasteiger partial charge < -0.3 is 5.11 Å². The van der Waals surface area contributed by atoms with E-state index in [-0.39, 0.29) is 5.90 Å². The largest absolute Gasteiger partial charge is 0.854 e. The Morgan fingerprint density at radius 2 is 2.29 bits per heavy atom. The minimum absolute atomic E-state index is 0.295. The third-order valence-electron chi connectivity index (χ3n) is 2.37. The first kappa shape index (κ1) is 11.3. The highest BCUT2D eigenvalue weighted by Gasteiger charge is 2.00. The topological polar surface area (TPSA) is 52.2 Å². The highest BCUT2D eigenvalue weighted by atomic mass is 16.3. The van der Waals surface area contributed by atoms with Gasteiger partial charge in [-0.15, -0.1) is 0 Å². The maximum Gasteiger partial charge on any atom is 0.205 e. The summed E-state index contributed by atoms with van der Waals surface area (Å²) >= 11 is 0. The molecule has 86 valence electrons. The molecule has 2 aromatic rings. The van der Waals surface area contributed by atoms with Crippen molar-refractivity contribution in [2.45, 2.75) is 13.3 Å². The summed E-state index contributed by atoms with van der Waals surface area (Å²) in [6.07, 6.45) is 7.64. The van der Waals surface area contributed by atoms with Crippen molar-refractivity contribution in [3.8, 4) is 0 Å². The number of hydrogen-bond acceptors (Lipinski definition) is 3. The predicted octanol–water partition coefficient (Wildman–Crippen LogP) is 0.502. The van der Waals surface area contributed by atoms with Crippen molar-refractivity contribution in [2.75, 3.05) is 0 Å². The number of aromatic nitrogens is 2. The van der Waals surface area contributed by atoms with E-state index in [4.69, 9.17) is 0 Å². The maximum absolute atomic E-state index is 11.8. The number of rotatable bonds is 3. The molecule has 0 bridgehead atoms. The van der Waals surface area contributed by atoms with Gasteiger partial charge in [-0.25, -0.2) is 0 Å². The van der Waals surface area contributed by atoms with Crippen molar-refractivity contribution in [1.29, 1.82) is 0 Å². The second kappa shape index (κ2) is 5.21. The Labute approximate surface area is 99.9 Å². The van der Waals surface area contributed by atoms with Crippen molar-refractivity contribution in [3.05, 3.63) is 60.2 Å². The van der Waals surface area contributed by atoms with E-state index >= 15 is 0 Å². The summed E-state index contributed by atoms with van der Waals surface area (Å²) in [5.41, 5.74) is 1.62. The summed E-state index contributed by atoms with van der Waals surface area (Å²) in [6, 6.07) is 7.29. The van der Waals surface area contributed by atoms with Crippen LogP contribution in [0.2, 0.25) is 0 Å². The Hall–Kier alpha value is -2.23. The third-order valence-corrected chi connectivity index (χ3v) is 2.37. The minimum Gasteiger partial charge on any atom is -0.854 e. The molecule has 0 saturated heterocycles. The first-order chi connectivity index (χ1) is 8.29. The Morgan fingerprint density at radius 1 is 1.41 bits per heavy atom. The molecule has 2 aromatic heterocycles. The summed E-state index contributed by atoms with van der Waals surface area (Å²) in [6.45, 7) is 2.06. The number of nitrogens with zero attached hydrogens (tertiary/aromatic N) is 3. The molecule has 0 aliphatic rings. The molecule has 0 amide bonds. The molecule has 0 spiro atoms. The second-order valence-corrected chi connectivity index (χ2v) is 3.59. The van der Waals surface area contributed by atoms with Gasteiger partial charge in [0.1, 0.15) is 0 Å². The van der Waals surface area contributed by atoms with Crippen LogP contribution in [0.5, 0.6) is 0 Å². The molecular weight excluding hydrogens is 214 g/mol. The van der Waals surface area contributed by atoms with E-state index < -0.39 is 0 Å². The molecule has 17 heavy (non-hydrogen) atoms. The van der Waals surface area contributed by atoms with Gasteiger partial charge in [-0.2, -0.15) is 0 Å². The van der Waals surface area contributed by atoms with E-state index in [1.807, 2.05) is 18.3 Å². The van der Waals surface area contributed by atoms with Crippen LogP contribution >= 0.6 is 0 Å². The lowest BCUT2D eigenvalue weighted by Gasteiger charge is -2.05. The molecule has 4 nitrogen and oxygen atoms in total. The molecule has 0 aromatic carbocycles. The molecular formula is C13H13N3O. The van der Waals surface area contributed by atoms with Gasteiger partial charge in [0, 0.05) is 29.6 Å². The molecule has 0 N–H and O–H groups in total. The fraction of sp³-hybridized carbons (Fsp3) is 0.154. The van der Waals surface area contributed by atoms with Crippen LogP contribution in [0, 0.1) is 0 Å². The predicted molar refractivity (Wildman–Crippen MR) is 62.2 cm³/mol. The maximum atomic E-state index is 11.8. The van der Waals surface area contributed by atoms with Crippen LogP contribution in [0.1, 0.15) is 18.1 Å². The van der Waals surface area contributed by atoms with Crippen molar-refractivity contribution >= 4 is 5.90 Å². The van der Waals surface area contributed by atoms with Gasteiger partial charge in [0.05, 0.1) is 5.90 Å². The Bertz CT molecular complexity index is 523. The molecule has 0 aliphatic carbocycles. The quantitative estimate of drug-likeness (QED) is 0.435. The van der Waals surface area contributed by atoms with Crippen molar-refractivity contribution in [3.63, 3.8) is 0 Å². The van der Waals surface area contributed by atoms with Crippen LogP contribution in [-0.2, 0) is 6.42 Å². The standard InChI is InChI=1S/C13H13N3O/c1-2-11-5-4-8-16(10-11)15-13(17)12-6-3-7-14-9-12/h3-10H,2H2,1H3. The Balaban J connectivity index is 2.29. The Morgan fingerprint density at radius 3 is 3.00 bits per heavy atom. The van der Waals surface area contributed by atoms with Crippen LogP contribution in [0.15, 0.2) is 54.2 Å². The number of pyridine rings is 2. The normalized spacial score (nSPS) is 11.5. The van der Waals surface area contributed by atoms with Gasteiger partial charge in [0.25, 0.3) is 0 Å². The van der Waals surface area contributed by atoms with E-state index in [0.717, 1.165) is 12.0 Å². The number of aryl methyl sites for hydroxylation is 1. The summed E-state index contributed by atoms with van der Waals surface area (Å²) in [4.78, 5) is 3.89. The van der Waals surface area contributed by atoms with Crippen LogP contribution in [0.4, 0.5) is 0 Å². The third kappa shape index (κ3) is 2.87. The van der Waals surface area contributed by atoms with Crippen LogP contribution in [0.25, 0.3) is 0 Å². The van der Waals surface area contributed by atoms with Crippen LogP contribution in [0.3, 0.4) is 0 Å². The van der Waals surface area contributed by atoms with E-state index in [2.05, 4.69) is 17.0 Å². The Kier molecular flexibility index (Phi) is 3.45. The molecule has 0 aliphatic heterocycles. The zero-order valence-corrected chi connectivity index (χ0v) is 9.58. The summed E-state index contributed by atoms with van der Waals surface area (Å²) in [5.74, 6) is -0.295. The van der Waals surface area contributed by atoms with Gasteiger partial charge in [-0.1, -0.05) is 17.7 Å². The first-order valence-electron chi connectivity index (χ1n) is 5.46. The molecule has 0 atom stereocenters.